The third-order valence-electron chi connectivity index (χ3n) is 2.99. The van der Waals surface area contributed by atoms with Crippen molar-refractivity contribution in [3.63, 3.8) is 0 Å². The summed E-state index contributed by atoms with van der Waals surface area (Å²) in [5, 5.41) is 13.4. The van der Waals surface area contributed by atoms with Crippen LogP contribution in [0.5, 0.6) is 0 Å². The van der Waals surface area contributed by atoms with Gasteiger partial charge in [-0.1, -0.05) is 17.7 Å². The van der Waals surface area contributed by atoms with Crippen molar-refractivity contribution in [2.45, 2.75) is 6.42 Å². The quantitative estimate of drug-likeness (QED) is 0.354. The van der Waals surface area contributed by atoms with Crippen molar-refractivity contribution >= 4 is 29.1 Å². The van der Waals surface area contributed by atoms with Crippen LogP contribution in [0.2, 0.25) is 5.02 Å². The standard InChI is InChI=1S/C15H13ClFN3O4/c16-11-3-1-4-12(17)14(11)15(21)24-8-2-7-18-13-6-5-10(9-19-13)20(22)23/h1,3-6,9H,2,7-8H2,(H,18,19). The maximum absolute atomic E-state index is 13.5. The number of hydrogen-bond donors (Lipinski definition) is 1. The number of nitrogens with one attached hydrogen (secondary N) is 1. The van der Waals surface area contributed by atoms with E-state index in [1.165, 1.54) is 24.3 Å². The lowest BCUT2D eigenvalue weighted by atomic mass is 10.2. The maximum Gasteiger partial charge on any atom is 0.342 e. The van der Waals surface area contributed by atoms with Crippen molar-refractivity contribution in [2.75, 3.05) is 18.5 Å². The molecule has 1 N–H and O–H groups in total. The lowest BCUT2D eigenvalue weighted by molar-refractivity contribution is -0.385. The van der Waals surface area contributed by atoms with Crippen molar-refractivity contribution in [1.82, 2.24) is 4.98 Å². The van der Waals surface area contributed by atoms with Crippen LogP contribution in [0.1, 0.15) is 16.8 Å². The zero-order chi connectivity index (χ0) is 17.5. The third-order valence-corrected chi connectivity index (χ3v) is 3.30. The molecule has 126 valence electrons. The van der Waals surface area contributed by atoms with E-state index in [-0.39, 0.29) is 22.9 Å². The van der Waals surface area contributed by atoms with Crippen molar-refractivity contribution in [2.24, 2.45) is 0 Å². The van der Waals surface area contributed by atoms with Gasteiger partial charge in [-0.3, -0.25) is 10.1 Å². The number of hydrogen-bond acceptors (Lipinski definition) is 6. The Morgan fingerprint density at radius 1 is 1.38 bits per heavy atom. The Kier molecular flexibility index (Phi) is 6.02. The monoisotopic (exact) mass is 353 g/mol. The summed E-state index contributed by atoms with van der Waals surface area (Å²) in [5.74, 6) is -1.10. The van der Waals surface area contributed by atoms with Gasteiger partial charge in [-0.25, -0.2) is 14.2 Å². The molecule has 0 radical (unpaired) electrons. The number of carbonyl (C=O) groups excluding carboxylic acids is 1. The van der Waals surface area contributed by atoms with E-state index in [4.69, 9.17) is 16.3 Å². The Labute approximate surface area is 141 Å². The Morgan fingerprint density at radius 3 is 2.79 bits per heavy atom. The fraction of sp³-hybridized carbons (Fsp3) is 0.200. The highest BCUT2D eigenvalue weighted by molar-refractivity contribution is 6.33. The number of aromatic nitrogens is 1. The molecular formula is C15H13ClFN3O4. The first kappa shape index (κ1) is 17.6. The lowest BCUT2D eigenvalue weighted by Crippen LogP contribution is -2.12. The molecule has 0 atom stereocenters. The number of nitrogens with zero attached hydrogens (tertiary/aromatic N) is 2. The van der Waals surface area contributed by atoms with Crippen LogP contribution in [0.25, 0.3) is 0 Å². The first-order valence-electron chi connectivity index (χ1n) is 6.94. The van der Waals surface area contributed by atoms with Gasteiger partial charge in [-0.2, -0.15) is 0 Å². The highest BCUT2D eigenvalue weighted by Gasteiger charge is 2.16. The molecule has 0 spiro atoms. The summed E-state index contributed by atoms with van der Waals surface area (Å²) < 4.78 is 18.5. The highest BCUT2D eigenvalue weighted by atomic mass is 35.5. The van der Waals surface area contributed by atoms with Crippen molar-refractivity contribution in [3.05, 3.63) is 63.0 Å². The number of pyridine rings is 1. The normalized spacial score (nSPS) is 10.2. The molecule has 0 fully saturated rings. The number of nitro groups is 1. The predicted octanol–water partition coefficient (Wildman–Crippen LogP) is 3.44. The van der Waals surface area contributed by atoms with Gasteiger partial charge in [-0.05, 0) is 24.6 Å². The summed E-state index contributed by atoms with van der Waals surface area (Å²) in [5.41, 5.74) is -0.389. The van der Waals surface area contributed by atoms with Gasteiger partial charge in [0.2, 0.25) is 0 Å². The van der Waals surface area contributed by atoms with Gasteiger partial charge >= 0.3 is 5.97 Å². The maximum atomic E-state index is 13.5. The summed E-state index contributed by atoms with van der Waals surface area (Å²) in [6.45, 7) is 0.479. The summed E-state index contributed by atoms with van der Waals surface area (Å²) in [6.07, 6.45) is 1.58. The van der Waals surface area contributed by atoms with Gasteiger partial charge < -0.3 is 10.1 Å². The largest absolute Gasteiger partial charge is 0.462 e. The number of halogens is 2. The fourth-order valence-corrected chi connectivity index (χ4v) is 2.06. The van der Waals surface area contributed by atoms with Crippen LogP contribution in [-0.4, -0.2) is 29.0 Å². The summed E-state index contributed by atoms with van der Waals surface area (Å²) in [6, 6.07) is 6.74. The highest BCUT2D eigenvalue weighted by Crippen LogP contribution is 2.19. The predicted molar refractivity (Wildman–Crippen MR) is 85.7 cm³/mol. The SMILES string of the molecule is O=C(OCCCNc1ccc([N+](=O)[O-])cn1)c1c(F)cccc1Cl. The molecule has 1 heterocycles. The second-order valence-corrected chi connectivity index (χ2v) is 5.08. The van der Waals surface area contributed by atoms with E-state index in [0.29, 0.717) is 18.8 Å². The molecule has 0 saturated heterocycles. The van der Waals surface area contributed by atoms with E-state index >= 15 is 0 Å². The average molecular weight is 354 g/mol. The van der Waals surface area contributed by atoms with Crippen LogP contribution in [0.15, 0.2) is 36.5 Å². The van der Waals surface area contributed by atoms with Crippen LogP contribution in [-0.2, 0) is 4.74 Å². The Morgan fingerprint density at radius 2 is 2.17 bits per heavy atom. The van der Waals surface area contributed by atoms with Crippen LogP contribution in [0.4, 0.5) is 15.9 Å². The van der Waals surface area contributed by atoms with Gasteiger partial charge in [0.15, 0.2) is 0 Å². The van der Waals surface area contributed by atoms with E-state index < -0.39 is 16.7 Å². The minimum absolute atomic E-state index is 0.00629. The minimum Gasteiger partial charge on any atom is -0.462 e. The molecule has 0 bridgehead atoms. The lowest BCUT2D eigenvalue weighted by Gasteiger charge is -2.08. The zero-order valence-corrected chi connectivity index (χ0v) is 13.1. The minimum atomic E-state index is -0.827. The molecule has 24 heavy (non-hydrogen) atoms. The van der Waals surface area contributed by atoms with Crippen molar-refractivity contribution < 1.29 is 18.8 Å². The van der Waals surface area contributed by atoms with Gasteiger partial charge in [0.25, 0.3) is 5.69 Å². The van der Waals surface area contributed by atoms with E-state index in [2.05, 4.69) is 10.3 Å². The number of rotatable bonds is 7. The van der Waals surface area contributed by atoms with Crippen LogP contribution >= 0.6 is 11.6 Å². The average Bonchev–Trinajstić information content (AvgIpc) is 2.55. The molecule has 2 aromatic rings. The number of benzene rings is 1. The molecule has 1 aromatic heterocycles. The summed E-state index contributed by atoms with van der Waals surface area (Å²) in [7, 11) is 0. The zero-order valence-electron chi connectivity index (χ0n) is 12.4. The molecular weight excluding hydrogens is 341 g/mol. The van der Waals surface area contributed by atoms with Crippen LogP contribution in [0.3, 0.4) is 0 Å². The Balaban J connectivity index is 1.75. The van der Waals surface area contributed by atoms with Gasteiger partial charge in [0, 0.05) is 12.6 Å². The van der Waals surface area contributed by atoms with Crippen LogP contribution in [0, 0.1) is 15.9 Å². The number of carbonyl (C=O) groups is 1. The number of esters is 1. The van der Waals surface area contributed by atoms with Gasteiger partial charge in [-0.15, -0.1) is 0 Å². The second kappa shape index (κ2) is 8.21. The van der Waals surface area contributed by atoms with E-state index in [1.54, 1.807) is 0 Å². The fourth-order valence-electron chi connectivity index (χ4n) is 1.82. The molecule has 0 aliphatic carbocycles. The first-order chi connectivity index (χ1) is 11.5. The Bertz CT molecular complexity index is 720. The van der Waals surface area contributed by atoms with Gasteiger partial charge in [0.05, 0.1) is 16.6 Å². The molecule has 0 saturated carbocycles. The molecule has 9 heteroatoms. The van der Waals surface area contributed by atoms with Crippen molar-refractivity contribution in [1.29, 1.82) is 0 Å². The van der Waals surface area contributed by atoms with Crippen molar-refractivity contribution in [3.8, 4) is 0 Å². The first-order valence-corrected chi connectivity index (χ1v) is 7.32. The molecule has 0 amide bonds. The molecule has 2 rings (SSSR count). The number of anilines is 1. The molecule has 7 nitrogen and oxygen atoms in total. The molecule has 0 unspecified atom stereocenters. The smallest absolute Gasteiger partial charge is 0.342 e. The third kappa shape index (κ3) is 4.63. The van der Waals surface area contributed by atoms with E-state index in [0.717, 1.165) is 12.3 Å². The van der Waals surface area contributed by atoms with Crippen LogP contribution < -0.4 is 5.32 Å². The number of ether oxygens (including phenoxy) is 1. The summed E-state index contributed by atoms with van der Waals surface area (Å²) in [4.78, 5) is 25.6. The molecule has 0 aliphatic heterocycles. The van der Waals surface area contributed by atoms with Gasteiger partial charge in [0.1, 0.15) is 23.4 Å². The summed E-state index contributed by atoms with van der Waals surface area (Å²) >= 11 is 5.77. The van der Waals surface area contributed by atoms with E-state index in [1.807, 2.05) is 0 Å². The Hall–Kier alpha value is -2.74. The molecule has 1 aromatic carbocycles. The molecule has 0 aliphatic rings. The van der Waals surface area contributed by atoms with E-state index in [9.17, 15) is 19.3 Å². The topological polar surface area (TPSA) is 94.4 Å². The second-order valence-electron chi connectivity index (χ2n) is 4.67.